The summed E-state index contributed by atoms with van der Waals surface area (Å²) >= 11 is 0. The highest BCUT2D eigenvalue weighted by molar-refractivity contribution is 5.31. The number of hydrogen-bond acceptors (Lipinski definition) is 4. The van der Waals surface area contributed by atoms with E-state index in [0.717, 1.165) is 5.56 Å². The van der Waals surface area contributed by atoms with E-state index < -0.39 is 0 Å². The van der Waals surface area contributed by atoms with E-state index in [0.29, 0.717) is 12.4 Å². The molecule has 0 spiro atoms. The molecular formula is C8H9N5. The number of nitrogens with two attached hydrogens (primary N) is 1. The number of nitrogen functional groups attached to an aromatic ring is 1. The van der Waals surface area contributed by atoms with Crippen molar-refractivity contribution in [3.8, 4) is 0 Å². The Hall–Kier alpha value is -1.91. The molecule has 5 nitrogen and oxygen atoms in total. The summed E-state index contributed by atoms with van der Waals surface area (Å²) in [5.74, 6) is 0.526. The van der Waals surface area contributed by atoms with Crippen molar-refractivity contribution in [3.05, 3.63) is 36.5 Å². The summed E-state index contributed by atoms with van der Waals surface area (Å²) in [6.07, 6.45) is 4.85. The van der Waals surface area contributed by atoms with E-state index in [-0.39, 0.29) is 0 Å². The van der Waals surface area contributed by atoms with E-state index >= 15 is 0 Å². The molecule has 0 fully saturated rings. The molecule has 0 aromatic carbocycles. The molecule has 0 bridgehead atoms. The van der Waals surface area contributed by atoms with Gasteiger partial charge in [0.05, 0.1) is 6.54 Å². The van der Waals surface area contributed by atoms with Crippen molar-refractivity contribution in [1.29, 1.82) is 0 Å². The molecule has 0 aliphatic carbocycles. The van der Waals surface area contributed by atoms with Gasteiger partial charge < -0.3 is 5.73 Å². The van der Waals surface area contributed by atoms with Gasteiger partial charge in [0, 0.05) is 6.20 Å². The summed E-state index contributed by atoms with van der Waals surface area (Å²) in [6, 6.07) is 3.72. The maximum absolute atomic E-state index is 5.53. The first-order chi connectivity index (χ1) is 6.34. The van der Waals surface area contributed by atoms with Crippen LogP contribution < -0.4 is 5.73 Å². The SMILES string of the molecule is Nc1cc(Cn2cncn2)ccn1. The van der Waals surface area contributed by atoms with Gasteiger partial charge in [-0.3, -0.25) is 0 Å². The predicted octanol–water partition coefficient (Wildman–Crippen LogP) is 0.304. The number of pyridine rings is 1. The van der Waals surface area contributed by atoms with Gasteiger partial charge in [0.25, 0.3) is 0 Å². The fraction of sp³-hybridized carbons (Fsp3) is 0.125. The van der Waals surface area contributed by atoms with Crippen molar-refractivity contribution >= 4 is 5.82 Å². The lowest BCUT2D eigenvalue weighted by Crippen LogP contribution is -2.01. The molecule has 66 valence electrons. The standard InChI is InChI=1S/C8H9N5/c9-8-3-7(1-2-11-8)4-13-6-10-5-12-13/h1-3,5-6H,4H2,(H2,9,11). The van der Waals surface area contributed by atoms with Crippen LogP contribution >= 0.6 is 0 Å². The van der Waals surface area contributed by atoms with Crippen LogP contribution in [0.1, 0.15) is 5.56 Å². The van der Waals surface area contributed by atoms with E-state index in [4.69, 9.17) is 5.73 Å². The zero-order valence-corrected chi connectivity index (χ0v) is 6.96. The molecule has 0 amide bonds. The van der Waals surface area contributed by atoms with Crippen molar-refractivity contribution in [2.75, 3.05) is 5.73 Å². The third kappa shape index (κ3) is 1.81. The third-order valence-corrected chi connectivity index (χ3v) is 1.66. The fourth-order valence-corrected chi connectivity index (χ4v) is 1.09. The molecule has 2 aromatic rings. The normalized spacial score (nSPS) is 10.2. The van der Waals surface area contributed by atoms with Crippen molar-refractivity contribution in [2.24, 2.45) is 0 Å². The Labute approximate surface area is 75.2 Å². The summed E-state index contributed by atoms with van der Waals surface area (Å²) in [5, 5.41) is 3.99. The van der Waals surface area contributed by atoms with E-state index in [1.54, 1.807) is 17.2 Å². The second-order valence-corrected chi connectivity index (χ2v) is 2.68. The fourth-order valence-electron chi connectivity index (χ4n) is 1.09. The van der Waals surface area contributed by atoms with E-state index in [1.165, 1.54) is 6.33 Å². The van der Waals surface area contributed by atoms with E-state index in [2.05, 4.69) is 15.1 Å². The highest BCUT2D eigenvalue weighted by Gasteiger charge is 1.95. The molecule has 2 aromatic heterocycles. The lowest BCUT2D eigenvalue weighted by atomic mass is 10.2. The summed E-state index contributed by atoms with van der Waals surface area (Å²) in [5.41, 5.74) is 6.60. The van der Waals surface area contributed by atoms with Crippen molar-refractivity contribution in [3.63, 3.8) is 0 Å². The summed E-state index contributed by atoms with van der Waals surface area (Å²) < 4.78 is 1.73. The maximum atomic E-state index is 5.53. The highest BCUT2D eigenvalue weighted by Crippen LogP contribution is 2.03. The van der Waals surface area contributed by atoms with Gasteiger partial charge in [-0.1, -0.05) is 0 Å². The molecule has 2 heterocycles. The van der Waals surface area contributed by atoms with Crippen molar-refractivity contribution in [1.82, 2.24) is 19.7 Å². The lowest BCUT2D eigenvalue weighted by Gasteiger charge is -2.00. The average Bonchev–Trinajstić information content (AvgIpc) is 2.57. The lowest BCUT2D eigenvalue weighted by molar-refractivity contribution is 0.684. The molecule has 0 unspecified atom stereocenters. The number of hydrogen-bond donors (Lipinski definition) is 1. The molecular weight excluding hydrogens is 166 g/mol. The Morgan fingerprint density at radius 3 is 3.08 bits per heavy atom. The van der Waals surface area contributed by atoms with Crippen LogP contribution in [0.15, 0.2) is 31.0 Å². The van der Waals surface area contributed by atoms with E-state index in [1.807, 2.05) is 12.1 Å². The Kier molecular flexibility index (Phi) is 1.91. The second-order valence-electron chi connectivity index (χ2n) is 2.68. The van der Waals surface area contributed by atoms with Crippen molar-refractivity contribution < 1.29 is 0 Å². The molecule has 0 radical (unpaired) electrons. The highest BCUT2D eigenvalue weighted by atomic mass is 15.3. The van der Waals surface area contributed by atoms with Gasteiger partial charge in [0.15, 0.2) is 0 Å². The van der Waals surface area contributed by atoms with Gasteiger partial charge in [-0.2, -0.15) is 5.10 Å². The van der Waals surface area contributed by atoms with Gasteiger partial charge in [-0.25, -0.2) is 14.6 Å². The van der Waals surface area contributed by atoms with Crippen LogP contribution in [0.5, 0.6) is 0 Å². The number of aromatic nitrogens is 4. The minimum Gasteiger partial charge on any atom is -0.384 e. The quantitative estimate of drug-likeness (QED) is 0.712. The first kappa shape index (κ1) is 7.72. The number of anilines is 1. The summed E-state index contributed by atoms with van der Waals surface area (Å²) in [6.45, 7) is 0.673. The van der Waals surface area contributed by atoms with E-state index in [9.17, 15) is 0 Å². The Bertz CT molecular complexity index is 381. The van der Waals surface area contributed by atoms with Gasteiger partial charge in [0.2, 0.25) is 0 Å². The molecule has 13 heavy (non-hydrogen) atoms. The first-order valence-electron chi connectivity index (χ1n) is 3.87. The summed E-state index contributed by atoms with van der Waals surface area (Å²) in [4.78, 5) is 7.75. The van der Waals surface area contributed by atoms with Gasteiger partial charge >= 0.3 is 0 Å². The van der Waals surface area contributed by atoms with Crippen molar-refractivity contribution in [2.45, 2.75) is 6.54 Å². The Balaban J connectivity index is 2.19. The minimum absolute atomic E-state index is 0.526. The number of nitrogens with zero attached hydrogens (tertiary/aromatic N) is 4. The molecule has 0 saturated carbocycles. The minimum atomic E-state index is 0.526. The van der Waals surface area contributed by atoms with Gasteiger partial charge in [-0.05, 0) is 17.7 Å². The summed E-state index contributed by atoms with van der Waals surface area (Å²) in [7, 11) is 0. The first-order valence-corrected chi connectivity index (χ1v) is 3.87. The predicted molar refractivity (Wildman–Crippen MR) is 47.8 cm³/mol. The van der Waals surface area contributed by atoms with Crippen LogP contribution in [0.3, 0.4) is 0 Å². The molecule has 5 heteroatoms. The maximum Gasteiger partial charge on any atom is 0.137 e. The van der Waals surface area contributed by atoms with Crippen LogP contribution in [0.2, 0.25) is 0 Å². The van der Waals surface area contributed by atoms with Crippen LogP contribution in [-0.2, 0) is 6.54 Å². The molecule has 0 aliphatic rings. The molecule has 0 aliphatic heterocycles. The van der Waals surface area contributed by atoms with Crippen LogP contribution in [-0.4, -0.2) is 19.7 Å². The monoisotopic (exact) mass is 175 g/mol. The molecule has 2 rings (SSSR count). The Morgan fingerprint density at radius 2 is 2.38 bits per heavy atom. The van der Waals surface area contributed by atoms with Gasteiger partial charge in [-0.15, -0.1) is 0 Å². The largest absolute Gasteiger partial charge is 0.384 e. The van der Waals surface area contributed by atoms with Crippen LogP contribution in [0, 0.1) is 0 Å². The second kappa shape index (κ2) is 3.22. The zero-order chi connectivity index (χ0) is 9.10. The Morgan fingerprint density at radius 1 is 1.46 bits per heavy atom. The van der Waals surface area contributed by atoms with Crippen LogP contribution in [0.25, 0.3) is 0 Å². The van der Waals surface area contributed by atoms with Crippen LogP contribution in [0.4, 0.5) is 5.82 Å². The molecule has 0 atom stereocenters. The zero-order valence-electron chi connectivity index (χ0n) is 6.96. The smallest absolute Gasteiger partial charge is 0.137 e. The molecule has 0 saturated heterocycles. The average molecular weight is 175 g/mol. The third-order valence-electron chi connectivity index (χ3n) is 1.66. The number of rotatable bonds is 2. The van der Waals surface area contributed by atoms with Gasteiger partial charge in [0.1, 0.15) is 18.5 Å². The molecule has 2 N–H and O–H groups in total. The topological polar surface area (TPSA) is 69.6 Å².